The quantitative estimate of drug-likeness (QED) is 0.208. The number of ketones is 1. The molecule has 218 valence electrons. The lowest BCUT2D eigenvalue weighted by Gasteiger charge is -2.11. The maximum atomic E-state index is 10.9. The van der Waals surface area contributed by atoms with Crippen LogP contribution in [0.15, 0.2) is 26.9 Å². The van der Waals surface area contributed by atoms with Crippen LogP contribution < -0.4 is 10.4 Å². The van der Waals surface area contributed by atoms with E-state index in [9.17, 15) is 14.4 Å². The number of aromatic nitrogens is 3. The SMILES string of the molecule is CCC(=O)/C(C)=C/OC.CO/N=C(\C)C1=NOCCO1.COC(=O)N(C)OC.COc1nn(C)c(=O)n1C. The normalized spacial score (nSPS) is 12.2. The van der Waals surface area contributed by atoms with Gasteiger partial charge in [-0.2, -0.15) is 5.06 Å². The summed E-state index contributed by atoms with van der Waals surface area (Å²) < 4.78 is 21.3. The van der Waals surface area contributed by atoms with Crippen LogP contribution in [0.3, 0.4) is 0 Å². The number of hydrogen-bond acceptors (Lipinski definition) is 13. The van der Waals surface area contributed by atoms with Crippen LogP contribution in [-0.2, 0) is 47.6 Å². The third kappa shape index (κ3) is 14.5. The highest BCUT2D eigenvalue weighted by Crippen LogP contribution is 1.98. The van der Waals surface area contributed by atoms with Gasteiger partial charge in [-0.3, -0.25) is 9.63 Å². The Balaban J connectivity index is 0. The molecule has 38 heavy (non-hydrogen) atoms. The van der Waals surface area contributed by atoms with Crippen LogP contribution >= 0.6 is 0 Å². The van der Waals surface area contributed by atoms with Gasteiger partial charge in [-0.05, 0) is 19.0 Å². The van der Waals surface area contributed by atoms with E-state index >= 15 is 0 Å². The smallest absolute Gasteiger partial charge is 0.433 e. The van der Waals surface area contributed by atoms with Gasteiger partial charge in [-0.15, -0.1) is 5.10 Å². The van der Waals surface area contributed by atoms with Crippen molar-refractivity contribution in [1.82, 2.24) is 19.4 Å². The van der Waals surface area contributed by atoms with Crippen LogP contribution in [0.25, 0.3) is 0 Å². The molecule has 0 spiro atoms. The number of hydroxylamine groups is 2. The Hall–Kier alpha value is -4.08. The van der Waals surface area contributed by atoms with Gasteiger partial charge in [0.25, 0.3) is 5.90 Å². The standard InChI is InChI=1S/C7H12O2.C6H10N2O3.C5H9N3O2.C4H9NO3/c1-4-7(8)6(2)5-9-3;1-5(7-9-2)6-8-11-4-3-10-6;1-7-4(10-3)6-8(2)5(7)9;1-5(8-3)4(6)7-2/h5H,4H2,1-3H3;3-4H2,1-2H3;1-3H3;1-3H3/b6-5+;7-5+;;. The molecule has 0 radical (unpaired) electrons. The number of amides is 1. The van der Waals surface area contributed by atoms with Gasteiger partial charge < -0.3 is 28.6 Å². The highest BCUT2D eigenvalue weighted by molar-refractivity contribution is 6.37. The molecule has 1 aromatic rings. The molecule has 0 unspecified atom stereocenters. The van der Waals surface area contributed by atoms with Crippen molar-refractivity contribution in [3.8, 4) is 6.01 Å². The second-order valence-corrected chi connectivity index (χ2v) is 6.85. The first-order chi connectivity index (χ1) is 17.9. The van der Waals surface area contributed by atoms with Gasteiger partial charge in [0, 0.05) is 33.1 Å². The Morgan fingerprint density at radius 3 is 2.08 bits per heavy atom. The average molecular weight is 549 g/mol. The molecule has 16 heteroatoms. The van der Waals surface area contributed by atoms with Gasteiger partial charge in [-0.25, -0.2) is 18.8 Å². The van der Waals surface area contributed by atoms with Gasteiger partial charge in [0.1, 0.15) is 19.4 Å². The van der Waals surface area contributed by atoms with E-state index in [0.29, 0.717) is 42.8 Å². The molecule has 0 bridgehead atoms. The zero-order valence-electron chi connectivity index (χ0n) is 24.0. The van der Waals surface area contributed by atoms with E-state index < -0.39 is 6.09 Å². The minimum atomic E-state index is -0.507. The minimum absolute atomic E-state index is 0.136. The number of rotatable bonds is 7. The van der Waals surface area contributed by atoms with Gasteiger partial charge in [0.15, 0.2) is 12.4 Å². The molecular weight excluding hydrogens is 508 g/mol. The summed E-state index contributed by atoms with van der Waals surface area (Å²) in [6, 6.07) is 0.326. The molecule has 0 fully saturated rings. The van der Waals surface area contributed by atoms with Gasteiger partial charge in [0.05, 0.1) is 34.7 Å². The van der Waals surface area contributed by atoms with Crippen LogP contribution in [-0.4, -0.2) is 98.7 Å². The average Bonchev–Trinajstić information content (AvgIpc) is 3.19. The molecule has 2 heterocycles. The van der Waals surface area contributed by atoms with E-state index in [1.807, 2.05) is 6.92 Å². The number of Topliss-reactive ketones (excluding diaryl/α,β-unsaturated/α-hetero) is 1. The third-order valence-corrected chi connectivity index (χ3v) is 4.13. The molecule has 2 rings (SSSR count). The lowest BCUT2D eigenvalue weighted by atomic mass is 10.2. The van der Waals surface area contributed by atoms with Gasteiger partial charge in [0.2, 0.25) is 0 Å². The maximum absolute atomic E-state index is 10.9. The van der Waals surface area contributed by atoms with Crippen molar-refractivity contribution in [2.75, 3.05) is 55.8 Å². The van der Waals surface area contributed by atoms with Gasteiger partial charge in [-0.1, -0.05) is 12.1 Å². The first-order valence-corrected chi connectivity index (χ1v) is 11.1. The van der Waals surface area contributed by atoms with Crippen molar-refractivity contribution in [2.24, 2.45) is 24.4 Å². The van der Waals surface area contributed by atoms with E-state index in [2.05, 4.69) is 34.6 Å². The molecule has 16 nitrogen and oxygen atoms in total. The Kier molecular flexibility index (Phi) is 20.0. The Morgan fingerprint density at radius 1 is 1.13 bits per heavy atom. The van der Waals surface area contributed by atoms with E-state index in [1.165, 1.54) is 58.1 Å². The number of carbonyl (C=O) groups excluding carboxylic acids is 2. The summed E-state index contributed by atoms with van der Waals surface area (Å²) in [4.78, 5) is 45.8. The Morgan fingerprint density at radius 2 is 1.76 bits per heavy atom. The largest absolute Gasteiger partial charge is 0.504 e. The van der Waals surface area contributed by atoms with Crippen molar-refractivity contribution >= 4 is 23.5 Å². The molecule has 0 atom stereocenters. The first-order valence-electron chi connectivity index (χ1n) is 11.1. The zero-order valence-corrected chi connectivity index (χ0v) is 24.0. The molecule has 1 aliphatic heterocycles. The third-order valence-electron chi connectivity index (χ3n) is 4.13. The lowest BCUT2D eigenvalue weighted by molar-refractivity contribution is -0.115. The molecule has 0 saturated carbocycles. The number of ether oxygens (including phenoxy) is 4. The molecule has 1 amide bonds. The van der Waals surface area contributed by atoms with Crippen molar-refractivity contribution in [3.63, 3.8) is 0 Å². The molecule has 0 aromatic carbocycles. The van der Waals surface area contributed by atoms with E-state index in [0.717, 1.165) is 5.06 Å². The number of nitrogens with zero attached hydrogens (tertiary/aromatic N) is 6. The Bertz CT molecular complexity index is 984. The number of aryl methyl sites for hydroxylation is 1. The fourth-order valence-electron chi connectivity index (χ4n) is 2.09. The summed E-state index contributed by atoms with van der Waals surface area (Å²) in [6.45, 7) is 6.31. The zero-order chi connectivity index (χ0) is 29.7. The van der Waals surface area contributed by atoms with Crippen LogP contribution in [0.1, 0.15) is 27.2 Å². The van der Waals surface area contributed by atoms with Crippen molar-refractivity contribution in [1.29, 1.82) is 0 Å². The molecule has 0 aliphatic carbocycles. The van der Waals surface area contributed by atoms with Crippen LogP contribution in [0.5, 0.6) is 6.01 Å². The lowest BCUT2D eigenvalue weighted by Crippen LogP contribution is -2.24. The predicted molar refractivity (Wildman–Crippen MR) is 138 cm³/mol. The fraction of sp³-hybridized carbons (Fsp3) is 0.636. The predicted octanol–water partition coefficient (Wildman–Crippen LogP) is 1.26. The second-order valence-electron chi connectivity index (χ2n) is 6.85. The second kappa shape index (κ2) is 21.0. The summed E-state index contributed by atoms with van der Waals surface area (Å²) in [6.07, 6.45) is 1.50. The topological polar surface area (TPSA) is 167 Å². The number of methoxy groups -OCH3 is 3. The summed E-state index contributed by atoms with van der Waals surface area (Å²) in [5.74, 6) is 0.523. The molecule has 0 N–H and O–H groups in total. The van der Waals surface area contributed by atoms with Crippen LogP contribution in [0.4, 0.5) is 4.79 Å². The fourth-order valence-corrected chi connectivity index (χ4v) is 2.09. The monoisotopic (exact) mass is 548 g/mol. The molecule has 0 saturated heterocycles. The van der Waals surface area contributed by atoms with Gasteiger partial charge >= 0.3 is 17.8 Å². The summed E-state index contributed by atoms with van der Waals surface area (Å²) >= 11 is 0. The number of carbonyl (C=O) groups is 2. The van der Waals surface area contributed by atoms with Crippen molar-refractivity contribution < 1.29 is 43.0 Å². The van der Waals surface area contributed by atoms with Crippen molar-refractivity contribution in [2.45, 2.75) is 27.2 Å². The van der Waals surface area contributed by atoms with Crippen LogP contribution in [0.2, 0.25) is 0 Å². The van der Waals surface area contributed by atoms with Crippen LogP contribution in [0, 0.1) is 0 Å². The summed E-state index contributed by atoms with van der Waals surface area (Å²) in [5, 5.41) is 12.0. The molecule has 1 aliphatic rings. The number of hydrogen-bond donors (Lipinski definition) is 0. The highest BCUT2D eigenvalue weighted by atomic mass is 16.7. The molecular formula is C22H40N6O10. The summed E-state index contributed by atoms with van der Waals surface area (Å²) in [7, 11) is 11.8. The summed E-state index contributed by atoms with van der Waals surface area (Å²) in [5.41, 5.74) is 1.07. The Labute approximate surface area is 222 Å². The van der Waals surface area contributed by atoms with E-state index in [-0.39, 0.29) is 11.5 Å². The van der Waals surface area contributed by atoms with E-state index in [4.69, 9.17) is 14.3 Å². The minimum Gasteiger partial charge on any atom is -0.504 e. The highest BCUT2D eigenvalue weighted by Gasteiger charge is 2.11. The number of oxime groups is 2. The maximum Gasteiger partial charge on any atom is 0.433 e. The number of allylic oxidation sites excluding steroid dienone is 1. The van der Waals surface area contributed by atoms with E-state index in [1.54, 1.807) is 27.9 Å². The van der Waals surface area contributed by atoms with Crippen molar-refractivity contribution in [3.05, 3.63) is 22.3 Å². The molecule has 1 aromatic heterocycles. The first kappa shape index (κ1) is 36.1.